The van der Waals surface area contributed by atoms with E-state index in [0.29, 0.717) is 9.63 Å². The number of anilines is 1. The summed E-state index contributed by atoms with van der Waals surface area (Å²) in [6.07, 6.45) is 1.98. The number of carbonyl (C=O) groups is 1. The van der Waals surface area contributed by atoms with E-state index in [1.807, 2.05) is 28.8 Å². The summed E-state index contributed by atoms with van der Waals surface area (Å²) < 4.78 is 21.8. The smallest absolute Gasteiger partial charge is 0.234 e. The van der Waals surface area contributed by atoms with Crippen LogP contribution in [0, 0.1) is 5.82 Å². The highest BCUT2D eigenvalue weighted by Gasteiger charge is 2.16. The summed E-state index contributed by atoms with van der Waals surface area (Å²) in [7, 11) is 1.62. The van der Waals surface area contributed by atoms with Gasteiger partial charge in [0.2, 0.25) is 5.91 Å². The van der Waals surface area contributed by atoms with Gasteiger partial charge in [0.15, 0.2) is 11.0 Å². The summed E-state index contributed by atoms with van der Waals surface area (Å²) in [5, 5.41) is 11.9. The topological polar surface area (TPSA) is 69.0 Å². The van der Waals surface area contributed by atoms with Crippen LogP contribution < -0.4 is 10.1 Å². The zero-order valence-electron chi connectivity index (χ0n) is 16.7. The molecule has 3 aromatic rings. The Balaban J connectivity index is 1.73. The lowest BCUT2D eigenvalue weighted by atomic mass is 10.2. The molecule has 2 aromatic carbocycles. The van der Waals surface area contributed by atoms with Crippen LogP contribution in [0.5, 0.6) is 5.75 Å². The molecule has 1 N–H and O–H groups in total. The number of amides is 1. The molecule has 0 saturated heterocycles. The molecule has 1 aromatic heterocycles. The van der Waals surface area contributed by atoms with E-state index in [2.05, 4.69) is 38.4 Å². The molecule has 0 aliphatic carbocycles. The Morgan fingerprint density at radius 3 is 2.67 bits per heavy atom. The van der Waals surface area contributed by atoms with Crippen LogP contribution in [-0.2, 0) is 11.3 Å². The number of hydrogen-bond acceptors (Lipinski definition) is 5. The molecule has 6 nitrogen and oxygen atoms in total. The molecule has 1 amide bonds. The summed E-state index contributed by atoms with van der Waals surface area (Å²) >= 11 is 4.48. The summed E-state index contributed by atoms with van der Waals surface area (Å²) in [5.41, 5.74) is 1.07. The van der Waals surface area contributed by atoms with Crippen LogP contribution in [0.4, 0.5) is 10.1 Å². The van der Waals surface area contributed by atoms with E-state index < -0.39 is 5.82 Å². The van der Waals surface area contributed by atoms with Crippen LogP contribution >= 0.6 is 27.7 Å². The minimum Gasteiger partial charge on any atom is -0.497 e. The van der Waals surface area contributed by atoms with Crippen molar-refractivity contribution in [3.05, 3.63) is 52.8 Å². The van der Waals surface area contributed by atoms with Gasteiger partial charge in [0.1, 0.15) is 11.6 Å². The molecule has 1 heterocycles. The van der Waals surface area contributed by atoms with Crippen LogP contribution in [0.1, 0.15) is 19.8 Å². The van der Waals surface area contributed by atoms with E-state index in [1.54, 1.807) is 13.2 Å². The maximum Gasteiger partial charge on any atom is 0.234 e. The van der Waals surface area contributed by atoms with Crippen LogP contribution in [0.3, 0.4) is 0 Å². The number of ether oxygens (including phenoxy) is 1. The Labute approximate surface area is 187 Å². The van der Waals surface area contributed by atoms with Crippen molar-refractivity contribution in [2.75, 3.05) is 18.2 Å². The minimum absolute atomic E-state index is 0.0996. The van der Waals surface area contributed by atoms with Crippen molar-refractivity contribution < 1.29 is 13.9 Å². The van der Waals surface area contributed by atoms with Crippen molar-refractivity contribution in [2.24, 2.45) is 0 Å². The number of unbranched alkanes of at least 4 members (excludes halogenated alkanes) is 1. The molecular formula is C21H22BrFN4O2S. The minimum atomic E-state index is -0.490. The van der Waals surface area contributed by atoms with Gasteiger partial charge in [0.25, 0.3) is 0 Å². The second-order valence-electron chi connectivity index (χ2n) is 6.50. The third-order valence-corrected chi connectivity index (χ3v) is 5.80. The van der Waals surface area contributed by atoms with Gasteiger partial charge < -0.3 is 14.6 Å². The number of rotatable bonds is 9. The first kappa shape index (κ1) is 22.3. The molecule has 0 unspecified atom stereocenters. The lowest BCUT2D eigenvalue weighted by Gasteiger charge is -2.10. The molecule has 0 saturated carbocycles. The highest BCUT2D eigenvalue weighted by atomic mass is 79.9. The van der Waals surface area contributed by atoms with Crippen molar-refractivity contribution in [3.63, 3.8) is 0 Å². The quantitative estimate of drug-likeness (QED) is 0.405. The zero-order valence-corrected chi connectivity index (χ0v) is 19.1. The van der Waals surface area contributed by atoms with E-state index in [4.69, 9.17) is 4.74 Å². The fraction of sp³-hybridized carbons (Fsp3) is 0.286. The summed E-state index contributed by atoms with van der Waals surface area (Å²) in [5.74, 6) is 0.813. The molecular weight excluding hydrogens is 471 g/mol. The average Bonchev–Trinajstić information content (AvgIpc) is 3.15. The number of halogens is 2. The van der Waals surface area contributed by atoms with Crippen LogP contribution in [-0.4, -0.2) is 33.5 Å². The third kappa shape index (κ3) is 5.60. The van der Waals surface area contributed by atoms with E-state index in [9.17, 15) is 9.18 Å². The first-order valence-electron chi connectivity index (χ1n) is 9.47. The summed E-state index contributed by atoms with van der Waals surface area (Å²) in [6, 6.07) is 12.1. The van der Waals surface area contributed by atoms with Gasteiger partial charge in [-0.05, 0) is 48.9 Å². The predicted molar refractivity (Wildman–Crippen MR) is 120 cm³/mol. The van der Waals surface area contributed by atoms with Gasteiger partial charge in [0, 0.05) is 16.6 Å². The Morgan fingerprint density at radius 1 is 1.23 bits per heavy atom. The molecule has 0 atom stereocenters. The number of thioether (sulfide) groups is 1. The van der Waals surface area contributed by atoms with Crippen molar-refractivity contribution in [1.29, 1.82) is 0 Å². The van der Waals surface area contributed by atoms with Crippen molar-refractivity contribution in [3.8, 4) is 17.1 Å². The van der Waals surface area contributed by atoms with E-state index in [1.165, 1.54) is 23.9 Å². The van der Waals surface area contributed by atoms with Gasteiger partial charge in [-0.2, -0.15) is 0 Å². The van der Waals surface area contributed by atoms with E-state index in [0.717, 1.165) is 36.5 Å². The second kappa shape index (κ2) is 10.6. The fourth-order valence-electron chi connectivity index (χ4n) is 2.77. The predicted octanol–water partition coefficient (Wildman–Crippen LogP) is 5.39. The van der Waals surface area contributed by atoms with Crippen molar-refractivity contribution in [1.82, 2.24) is 14.8 Å². The number of nitrogens with one attached hydrogen (secondary N) is 1. The lowest BCUT2D eigenvalue weighted by Crippen LogP contribution is -2.15. The van der Waals surface area contributed by atoms with Crippen molar-refractivity contribution >= 4 is 39.3 Å². The number of aromatic nitrogens is 3. The molecule has 9 heteroatoms. The van der Waals surface area contributed by atoms with Gasteiger partial charge in [-0.3, -0.25) is 4.79 Å². The first-order chi connectivity index (χ1) is 14.5. The van der Waals surface area contributed by atoms with E-state index in [-0.39, 0.29) is 17.3 Å². The second-order valence-corrected chi connectivity index (χ2v) is 8.36. The Morgan fingerprint density at radius 2 is 2.00 bits per heavy atom. The monoisotopic (exact) mass is 492 g/mol. The normalized spacial score (nSPS) is 10.8. The standard InChI is InChI=1S/C21H22BrFN4O2S/c1-3-4-11-27-20(14-5-8-16(29-2)9-6-14)25-26-21(27)30-13-19(28)24-18-10-7-15(22)12-17(18)23/h5-10,12H,3-4,11,13H2,1-2H3,(H,24,28). The molecule has 0 bridgehead atoms. The van der Waals surface area contributed by atoms with Gasteiger partial charge in [0.05, 0.1) is 18.6 Å². The molecule has 0 fully saturated rings. The highest BCUT2D eigenvalue weighted by molar-refractivity contribution is 9.10. The first-order valence-corrected chi connectivity index (χ1v) is 11.2. The van der Waals surface area contributed by atoms with Gasteiger partial charge >= 0.3 is 0 Å². The molecule has 0 spiro atoms. The Bertz CT molecular complexity index is 1010. The average molecular weight is 493 g/mol. The zero-order chi connectivity index (χ0) is 21.5. The SMILES string of the molecule is CCCCn1c(SCC(=O)Nc2ccc(Br)cc2F)nnc1-c1ccc(OC)cc1. The number of methoxy groups -OCH3 is 1. The number of carbonyl (C=O) groups excluding carboxylic acids is 1. The number of nitrogens with zero attached hydrogens (tertiary/aromatic N) is 3. The van der Waals surface area contributed by atoms with Crippen LogP contribution in [0.25, 0.3) is 11.4 Å². The largest absolute Gasteiger partial charge is 0.497 e. The Kier molecular flexibility index (Phi) is 7.87. The van der Waals surface area contributed by atoms with Gasteiger partial charge in [-0.1, -0.05) is 41.0 Å². The van der Waals surface area contributed by atoms with E-state index >= 15 is 0 Å². The maximum absolute atomic E-state index is 13.9. The number of hydrogen-bond donors (Lipinski definition) is 1. The van der Waals surface area contributed by atoms with Crippen LogP contribution in [0.2, 0.25) is 0 Å². The molecule has 30 heavy (non-hydrogen) atoms. The molecule has 0 aliphatic heterocycles. The fourth-order valence-corrected chi connectivity index (χ4v) is 3.87. The molecule has 158 valence electrons. The highest BCUT2D eigenvalue weighted by Crippen LogP contribution is 2.26. The summed E-state index contributed by atoms with van der Waals surface area (Å²) in [6.45, 7) is 2.86. The van der Waals surface area contributed by atoms with Crippen LogP contribution in [0.15, 0.2) is 52.1 Å². The molecule has 0 aliphatic rings. The Hall–Kier alpha value is -2.39. The maximum atomic E-state index is 13.9. The molecule has 0 radical (unpaired) electrons. The van der Waals surface area contributed by atoms with Gasteiger partial charge in [-0.15, -0.1) is 10.2 Å². The third-order valence-electron chi connectivity index (χ3n) is 4.34. The molecule has 3 rings (SSSR count). The lowest BCUT2D eigenvalue weighted by molar-refractivity contribution is -0.113. The summed E-state index contributed by atoms with van der Waals surface area (Å²) in [4.78, 5) is 12.3. The van der Waals surface area contributed by atoms with Crippen molar-refractivity contribution in [2.45, 2.75) is 31.5 Å². The number of benzene rings is 2. The van der Waals surface area contributed by atoms with Gasteiger partial charge in [-0.25, -0.2) is 4.39 Å².